The highest BCUT2D eigenvalue weighted by Gasteiger charge is 2.35. The second-order valence-corrected chi connectivity index (χ2v) is 13.8. The Hall–Kier alpha value is -6.12. The molecule has 10 rings (SSSR count). The Morgan fingerprint density at radius 2 is 1.08 bits per heavy atom. The van der Waals surface area contributed by atoms with Crippen molar-refractivity contribution in [3.63, 3.8) is 0 Å². The van der Waals surface area contributed by atoms with Gasteiger partial charge in [-0.15, -0.1) is 0 Å². The van der Waals surface area contributed by atoms with Crippen molar-refractivity contribution in [2.75, 3.05) is 4.90 Å². The molecular weight excluding hydrogens is 595 g/mol. The van der Waals surface area contributed by atoms with Crippen LogP contribution in [0, 0.1) is 0 Å². The molecule has 0 N–H and O–H groups in total. The van der Waals surface area contributed by atoms with Gasteiger partial charge < -0.3 is 9.32 Å². The standard InChI is InChI=1S/C47H33NO/c1-47(2)43-18-10-8-16-37(43)38-25-22-34(29-44(38)47)48(32-13-4-3-5-14-32)33-21-24-36-35-15-7-6-12-30(35)26-41(42(36)28-33)31-20-23-40-39-17-9-11-19-45(39)49-46(40)27-31/h3-29H,1-2H3. The zero-order chi connectivity index (χ0) is 32.7. The SMILES string of the molecule is CC1(C)c2ccccc2-c2ccc(N(c3ccccc3)c3ccc4c(c3)c(-c3ccc5c(c3)oc3ccccc35)cc3ccccc34)cc21. The highest BCUT2D eigenvalue weighted by atomic mass is 16.3. The van der Waals surface area contributed by atoms with Crippen LogP contribution in [0.15, 0.2) is 168 Å². The van der Waals surface area contributed by atoms with Crippen molar-refractivity contribution in [2.24, 2.45) is 0 Å². The van der Waals surface area contributed by atoms with Crippen molar-refractivity contribution in [1.82, 2.24) is 0 Å². The molecule has 232 valence electrons. The smallest absolute Gasteiger partial charge is 0.136 e. The van der Waals surface area contributed by atoms with Gasteiger partial charge in [0.15, 0.2) is 0 Å². The Balaban J connectivity index is 1.20. The number of benzene rings is 8. The van der Waals surface area contributed by atoms with E-state index in [4.69, 9.17) is 4.42 Å². The van der Waals surface area contributed by atoms with E-state index in [1.807, 2.05) is 12.1 Å². The quantitative estimate of drug-likeness (QED) is 0.181. The maximum absolute atomic E-state index is 6.36. The van der Waals surface area contributed by atoms with Crippen LogP contribution >= 0.6 is 0 Å². The van der Waals surface area contributed by atoms with Crippen LogP contribution in [0.4, 0.5) is 17.1 Å². The fraction of sp³-hybridized carbons (Fsp3) is 0.0638. The fourth-order valence-corrected chi connectivity index (χ4v) is 8.22. The second kappa shape index (κ2) is 10.4. The molecule has 0 unspecified atom stereocenters. The van der Waals surface area contributed by atoms with Gasteiger partial charge in [0.1, 0.15) is 11.2 Å². The third-order valence-electron chi connectivity index (χ3n) is 10.6. The molecule has 1 aliphatic carbocycles. The Labute approximate surface area is 285 Å². The minimum atomic E-state index is -0.0882. The summed E-state index contributed by atoms with van der Waals surface area (Å²) < 4.78 is 6.36. The summed E-state index contributed by atoms with van der Waals surface area (Å²) in [7, 11) is 0. The highest BCUT2D eigenvalue weighted by Crippen LogP contribution is 2.51. The lowest BCUT2D eigenvalue weighted by atomic mass is 9.82. The number of hydrogen-bond donors (Lipinski definition) is 0. The van der Waals surface area contributed by atoms with Crippen LogP contribution in [-0.2, 0) is 5.41 Å². The van der Waals surface area contributed by atoms with Gasteiger partial charge in [-0.2, -0.15) is 0 Å². The van der Waals surface area contributed by atoms with E-state index in [-0.39, 0.29) is 5.41 Å². The van der Waals surface area contributed by atoms with E-state index in [1.54, 1.807) is 0 Å². The van der Waals surface area contributed by atoms with E-state index in [9.17, 15) is 0 Å². The van der Waals surface area contributed by atoms with Crippen molar-refractivity contribution in [3.8, 4) is 22.3 Å². The van der Waals surface area contributed by atoms with Crippen LogP contribution in [0.1, 0.15) is 25.0 Å². The van der Waals surface area contributed by atoms with E-state index < -0.39 is 0 Å². The molecule has 2 nitrogen and oxygen atoms in total. The predicted octanol–water partition coefficient (Wildman–Crippen LogP) is 13.3. The Morgan fingerprint density at radius 3 is 1.98 bits per heavy atom. The number of anilines is 3. The van der Waals surface area contributed by atoms with E-state index in [2.05, 4.69) is 170 Å². The Bertz CT molecular complexity index is 2750. The van der Waals surface area contributed by atoms with Crippen LogP contribution < -0.4 is 4.90 Å². The van der Waals surface area contributed by atoms with Gasteiger partial charge in [-0.1, -0.05) is 117 Å². The first kappa shape index (κ1) is 27.9. The largest absolute Gasteiger partial charge is 0.456 e. The summed E-state index contributed by atoms with van der Waals surface area (Å²) >= 11 is 0. The molecule has 0 spiro atoms. The average Bonchev–Trinajstić information content (AvgIpc) is 3.63. The third-order valence-corrected chi connectivity index (χ3v) is 10.6. The minimum absolute atomic E-state index is 0.0882. The maximum Gasteiger partial charge on any atom is 0.136 e. The molecule has 2 heteroatoms. The third kappa shape index (κ3) is 4.20. The molecule has 0 amide bonds. The summed E-state index contributed by atoms with van der Waals surface area (Å²) in [4.78, 5) is 2.40. The summed E-state index contributed by atoms with van der Waals surface area (Å²) in [5.41, 5.74) is 12.9. The predicted molar refractivity (Wildman–Crippen MR) is 206 cm³/mol. The molecular formula is C47H33NO. The van der Waals surface area contributed by atoms with Gasteiger partial charge >= 0.3 is 0 Å². The molecule has 0 saturated heterocycles. The molecule has 0 fully saturated rings. The van der Waals surface area contributed by atoms with Crippen molar-refractivity contribution in [2.45, 2.75) is 19.3 Å². The van der Waals surface area contributed by atoms with Gasteiger partial charge in [-0.25, -0.2) is 0 Å². The molecule has 0 saturated carbocycles. The number of nitrogens with zero attached hydrogens (tertiary/aromatic N) is 1. The van der Waals surface area contributed by atoms with Crippen molar-refractivity contribution in [1.29, 1.82) is 0 Å². The van der Waals surface area contributed by atoms with Gasteiger partial charge in [-0.05, 0) is 116 Å². The number of hydrogen-bond acceptors (Lipinski definition) is 2. The summed E-state index contributed by atoms with van der Waals surface area (Å²) in [6.45, 7) is 4.70. The van der Waals surface area contributed by atoms with Gasteiger partial charge in [-0.3, -0.25) is 0 Å². The summed E-state index contributed by atoms with van der Waals surface area (Å²) in [6, 6.07) is 59.5. The van der Waals surface area contributed by atoms with Crippen LogP contribution in [0.2, 0.25) is 0 Å². The van der Waals surface area contributed by atoms with E-state index in [0.717, 1.165) is 44.6 Å². The number of para-hydroxylation sites is 2. The first-order chi connectivity index (χ1) is 24.0. The van der Waals surface area contributed by atoms with E-state index in [0.29, 0.717) is 0 Å². The van der Waals surface area contributed by atoms with Gasteiger partial charge in [0.2, 0.25) is 0 Å². The minimum Gasteiger partial charge on any atom is -0.456 e. The Morgan fingerprint density at radius 1 is 0.408 bits per heavy atom. The topological polar surface area (TPSA) is 16.4 Å². The molecule has 8 aromatic carbocycles. The zero-order valence-electron chi connectivity index (χ0n) is 27.4. The molecule has 0 radical (unpaired) electrons. The van der Waals surface area contributed by atoms with E-state index >= 15 is 0 Å². The zero-order valence-corrected chi connectivity index (χ0v) is 27.4. The monoisotopic (exact) mass is 627 g/mol. The number of fused-ring (bicyclic) bond motifs is 9. The molecule has 1 aromatic heterocycles. The van der Waals surface area contributed by atoms with Crippen molar-refractivity contribution < 1.29 is 4.42 Å². The molecule has 0 bridgehead atoms. The highest BCUT2D eigenvalue weighted by molar-refractivity contribution is 6.15. The van der Waals surface area contributed by atoms with Crippen LogP contribution in [0.5, 0.6) is 0 Å². The molecule has 1 heterocycles. The van der Waals surface area contributed by atoms with Crippen LogP contribution in [0.25, 0.3) is 65.7 Å². The van der Waals surface area contributed by atoms with Gasteiger partial charge in [0, 0.05) is 33.2 Å². The van der Waals surface area contributed by atoms with Crippen molar-refractivity contribution >= 4 is 60.5 Å². The molecule has 1 aliphatic rings. The molecule has 0 aliphatic heterocycles. The lowest BCUT2D eigenvalue weighted by molar-refractivity contribution is 0.660. The number of furan rings is 1. The van der Waals surface area contributed by atoms with Gasteiger partial charge in [0.25, 0.3) is 0 Å². The van der Waals surface area contributed by atoms with Gasteiger partial charge in [0.05, 0.1) is 0 Å². The van der Waals surface area contributed by atoms with Crippen LogP contribution in [0.3, 0.4) is 0 Å². The molecule has 0 atom stereocenters. The molecule has 49 heavy (non-hydrogen) atoms. The lowest BCUT2D eigenvalue weighted by Gasteiger charge is -2.28. The second-order valence-electron chi connectivity index (χ2n) is 13.8. The number of rotatable bonds is 4. The Kier molecular flexibility index (Phi) is 5.95. The normalized spacial score (nSPS) is 13.3. The summed E-state index contributed by atoms with van der Waals surface area (Å²) in [5, 5.41) is 7.21. The summed E-state index contributed by atoms with van der Waals surface area (Å²) in [6.07, 6.45) is 0. The lowest BCUT2D eigenvalue weighted by Crippen LogP contribution is -2.16. The van der Waals surface area contributed by atoms with E-state index in [1.165, 1.54) is 49.4 Å². The van der Waals surface area contributed by atoms with Crippen molar-refractivity contribution in [3.05, 3.63) is 175 Å². The first-order valence-corrected chi connectivity index (χ1v) is 17.0. The first-order valence-electron chi connectivity index (χ1n) is 17.0. The van der Waals surface area contributed by atoms with Crippen LogP contribution in [-0.4, -0.2) is 0 Å². The summed E-state index contributed by atoms with van der Waals surface area (Å²) in [5.74, 6) is 0. The fourth-order valence-electron chi connectivity index (χ4n) is 8.22. The maximum atomic E-state index is 6.36. The average molecular weight is 628 g/mol. The molecule has 9 aromatic rings.